The summed E-state index contributed by atoms with van der Waals surface area (Å²) in [6.07, 6.45) is 5.99. The Morgan fingerprint density at radius 3 is 2.88 bits per heavy atom. The second-order valence-corrected chi connectivity index (χ2v) is 6.33. The molecular weight excluding hydrogens is 220 g/mol. The molecule has 0 bridgehead atoms. The van der Waals surface area contributed by atoms with Gasteiger partial charge < -0.3 is 10.8 Å². The fourth-order valence-corrected chi connectivity index (χ4v) is 3.78. The maximum Gasteiger partial charge on any atom is 0.0961 e. The van der Waals surface area contributed by atoms with Crippen LogP contribution in [-0.2, 0) is 0 Å². The van der Waals surface area contributed by atoms with E-state index in [1.165, 1.54) is 30.8 Å². The van der Waals surface area contributed by atoms with E-state index in [-0.39, 0.29) is 0 Å². The van der Waals surface area contributed by atoms with Gasteiger partial charge in [-0.05, 0) is 43.7 Å². The minimum atomic E-state index is -0.468. The molecule has 0 aromatic heterocycles. The Morgan fingerprint density at radius 2 is 2.25 bits per heavy atom. The summed E-state index contributed by atoms with van der Waals surface area (Å²) in [5, 5.41) is 9.90. The summed E-state index contributed by atoms with van der Waals surface area (Å²) >= 11 is 1.68. The van der Waals surface area contributed by atoms with E-state index in [1.807, 2.05) is 6.92 Å². The number of rotatable bonds is 4. The minimum absolute atomic E-state index is 0.398. The molecule has 0 radical (unpaired) electrons. The molecular formula is C12H22N2OS. The first-order chi connectivity index (χ1) is 7.64. The molecule has 3 N–H and O–H groups in total. The SMILES string of the molecule is CCC(O)C1(N)CC=C(CN2CCCC2)S1. The largest absolute Gasteiger partial charge is 0.390 e. The van der Waals surface area contributed by atoms with Gasteiger partial charge in [-0.3, -0.25) is 4.90 Å². The molecule has 16 heavy (non-hydrogen) atoms. The smallest absolute Gasteiger partial charge is 0.0961 e. The van der Waals surface area contributed by atoms with Crippen LogP contribution in [0.25, 0.3) is 0 Å². The van der Waals surface area contributed by atoms with Gasteiger partial charge in [0, 0.05) is 6.54 Å². The molecule has 0 saturated carbocycles. The van der Waals surface area contributed by atoms with Crippen molar-refractivity contribution in [2.24, 2.45) is 5.73 Å². The molecule has 92 valence electrons. The summed E-state index contributed by atoms with van der Waals surface area (Å²) in [6, 6.07) is 0. The van der Waals surface area contributed by atoms with Gasteiger partial charge in [-0.25, -0.2) is 0 Å². The quantitative estimate of drug-likeness (QED) is 0.785. The first kappa shape index (κ1) is 12.4. The molecule has 2 unspecified atom stereocenters. The van der Waals surface area contributed by atoms with E-state index in [0.717, 1.165) is 19.4 Å². The molecule has 0 amide bonds. The third-order valence-corrected chi connectivity index (χ3v) is 4.88. The van der Waals surface area contributed by atoms with Crippen molar-refractivity contribution in [3.05, 3.63) is 11.0 Å². The van der Waals surface area contributed by atoms with Crippen molar-refractivity contribution in [1.29, 1.82) is 0 Å². The zero-order valence-electron chi connectivity index (χ0n) is 9.98. The number of aliphatic hydroxyl groups excluding tert-OH is 1. The van der Waals surface area contributed by atoms with Gasteiger partial charge in [0.05, 0.1) is 11.0 Å². The van der Waals surface area contributed by atoms with Crippen LogP contribution >= 0.6 is 11.8 Å². The number of hydrogen-bond acceptors (Lipinski definition) is 4. The van der Waals surface area contributed by atoms with Crippen LogP contribution in [0.3, 0.4) is 0 Å². The molecule has 1 fully saturated rings. The Kier molecular flexibility index (Phi) is 3.95. The number of aliphatic hydroxyl groups is 1. The van der Waals surface area contributed by atoms with Gasteiger partial charge in [-0.15, -0.1) is 11.8 Å². The highest BCUT2D eigenvalue weighted by atomic mass is 32.2. The van der Waals surface area contributed by atoms with Crippen LogP contribution < -0.4 is 5.73 Å². The molecule has 4 heteroatoms. The van der Waals surface area contributed by atoms with Crippen LogP contribution in [-0.4, -0.2) is 40.6 Å². The van der Waals surface area contributed by atoms with Crippen LogP contribution in [0, 0.1) is 0 Å². The molecule has 2 heterocycles. The minimum Gasteiger partial charge on any atom is -0.390 e. The Labute approximate surface area is 102 Å². The standard InChI is InChI=1S/C12H22N2OS/c1-2-11(15)12(13)6-5-10(16-12)9-14-7-3-4-8-14/h5,11,15H,2-4,6-9,13H2,1H3. The van der Waals surface area contributed by atoms with Gasteiger partial charge in [-0.2, -0.15) is 0 Å². The second kappa shape index (κ2) is 5.08. The highest BCUT2D eigenvalue weighted by molar-refractivity contribution is 8.04. The van der Waals surface area contributed by atoms with Crippen molar-refractivity contribution in [2.45, 2.75) is 43.6 Å². The van der Waals surface area contributed by atoms with Gasteiger partial charge in [0.15, 0.2) is 0 Å². The summed E-state index contributed by atoms with van der Waals surface area (Å²) in [4.78, 5) is 3.35. The lowest BCUT2D eigenvalue weighted by molar-refractivity contribution is 0.128. The molecule has 3 nitrogen and oxygen atoms in total. The Hall–Kier alpha value is -0.0300. The molecule has 0 spiro atoms. The lowest BCUT2D eigenvalue weighted by Gasteiger charge is -2.29. The topological polar surface area (TPSA) is 49.5 Å². The van der Waals surface area contributed by atoms with Gasteiger partial charge in [0.25, 0.3) is 0 Å². The van der Waals surface area contributed by atoms with Crippen LogP contribution in [0.4, 0.5) is 0 Å². The molecule has 2 atom stereocenters. The average Bonchev–Trinajstić information content (AvgIpc) is 2.89. The summed E-state index contributed by atoms with van der Waals surface area (Å²) in [5.41, 5.74) is 6.22. The molecule has 0 aromatic carbocycles. The van der Waals surface area contributed by atoms with Crippen LogP contribution in [0.5, 0.6) is 0 Å². The predicted molar refractivity (Wildman–Crippen MR) is 69.2 cm³/mol. The normalized spacial score (nSPS) is 33.1. The molecule has 0 aromatic rings. The lowest BCUT2D eigenvalue weighted by Crippen LogP contribution is -2.45. The zero-order chi connectivity index (χ0) is 11.6. The first-order valence-electron chi connectivity index (χ1n) is 6.21. The van der Waals surface area contributed by atoms with Crippen molar-refractivity contribution < 1.29 is 5.11 Å². The second-order valence-electron chi connectivity index (χ2n) is 4.84. The average molecular weight is 242 g/mol. The number of hydrogen-bond donors (Lipinski definition) is 2. The van der Waals surface area contributed by atoms with Crippen LogP contribution in [0.1, 0.15) is 32.6 Å². The third kappa shape index (κ3) is 2.62. The molecule has 2 aliphatic rings. The van der Waals surface area contributed by atoms with Gasteiger partial charge >= 0.3 is 0 Å². The predicted octanol–water partition coefficient (Wildman–Crippen LogP) is 1.53. The first-order valence-corrected chi connectivity index (χ1v) is 7.03. The molecule has 2 rings (SSSR count). The fraction of sp³-hybridized carbons (Fsp3) is 0.833. The monoisotopic (exact) mass is 242 g/mol. The van der Waals surface area contributed by atoms with E-state index >= 15 is 0 Å². The summed E-state index contributed by atoms with van der Waals surface area (Å²) in [7, 11) is 0. The third-order valence-electron chi connectivity index (χ3n) is 3.50. The number of likely N-dealkylation sites (tertiary alicyclic amines) is 1. The van der Waals surface area contributed by atoms with Crippen LogP contribution in [0.15, 0.2) is 11.0 Å². The Morgan fingerprint density at radius 1 is 1.56 bits per heavy atom. The van der Waals surface area contributed by atoms with E-state index in [9.17, 15) is 5.11 Å². The van der Waals surface area contributed by atoms with Crippen LogP contribution in [0.2, 0.25) is 0 Å². The number of thioether (sulfide) groups is 1. The maximum absolute atomic E-state index is 9.90. The molecule has 0 aliphatic carbocycles. The maximum atomic E-state index is 9.90. The van der Waals surface area contributed by atoms with E-state index in [0.29, 0.717) is 0 Å². The summed E-state index contributed by atoms with van der Waals surface area (Å²) in [6.45, 7) is 5.44. The van der Waals surface area contributed by atoms with Gasteiger partial charge in [-0.1, -0.05) is 13.0 Å². The number of nitrogens with zero attached hydrogens (tertiary/aromatic N) is 1. The number of nitrogens with two attached hydrogens (primary N) is 1. The van der Waals surface area contributed by atoms with E-state index in [2.05, 4.69) is 11.0 Å². The Bertz CT molecular complexity index is 276. The highest BCUT2D eigenvalue weighted by Gasteiger charge is 2.37. The lowest BCUT2D eigenvalue weighted by atomic mass is 10.1. The van der Waals surface area contributed by atoms with Crippen molar-refractivity contribution in [2.75, 3.05) is 19.6 Å². The van der Waals surface area contributed by atoms with Crippen molar-refractivity contribution >= 4 is 11.8 Å². The molecule has 2 aliphatic heterocycles. The van der Waals surface area contributed by atoms with E-state index in [1.54, 1.807) is 11.8 Å². The fourth-order valence-electron chi connectivity index (χ4n) is 2.41. The highest BCUT2D eigenvalue weighted by Crippen LogP contribution is 2.41. The zero-order valence-corrected chi connectivity index (χ0v) is 10.8. The van der Waals surface area contributed by atoms with Gasteiger partial charge in [0.2, 0.25) is 0 Å². The summed E-state index contributed by atoms with van der Waals surface area (Å²) < 4.78 is 0. The van der Waals surface area contributed by atoms with Gasteiger partial charge in [0.1, 0.15) is 0 Å². The Balaban J connectivity index is 1.86. The molecule has 1 saturated heterocycles. The van der Waals surface area contributed by atoms with Crippen molar-refractivity contribution in [1.82, 2.24) is 4.90 Å². The van der Waals surface area contributed by atoms with E-state index < -0.39 is 11.0 Å². The van der Waals surface area contributed by atoms with Crippen molar-refractivity contribution in [3.8, 4) is 0 Å². The summed E-state index contributed by atoms with van der Waals surface area (Å²) in [5.74, 6) is 0. The van der Waals surface area contributed by atoms with Crippen molar-refractivity contribution in [3.63, 3.8) is 0 Å². The van der Waals surface area contributed by atoms with E-state index in [4.69, 9.17) is 5.73 Å².